The summed E-state index contributed by atoms with van der Waals surface area (Å²) in [6, 6.07) is 12.3. The number of methoxy groups -OCH3 is 3. The lowest BCUT2D eigenvalue weighted by Gasteiger charge is -2.22. The molecule has 2 atom stereocenters. The molecule has 34 heavy (non-hydrogen) atoms. The maximum atomic E-state index is 13.3. The second kappa shape index (κ2) is 9.86. The van der Waals surface area contributed by atoms with Crippen molar-refractivity contribution in [3.63, 3.8) is 0 Å². The van der Waals surface area contributed by atoms with Crippen LogP contribution in [0.5, 0.6) is 17.2 Å². The highest BCUT2D eigenvalue weighted by molar-refractivity contribution is 6.00. The summed E-state index contributed by atoms with van der Waals surface area (Å²) in [5, 5.41) is 3.10. The van der Waals surface area contributed by atoms with E-state index in [0.717, 1.165) is 11.3 Å². The van der Waals surface area contributed by atoms with Gasteiger partial charge < -0.3 is 29.0 Å². The quantitative estimate of drug-likeness (QED) is 0.551. The fourth-order valence-electron chi connectivity index (χ4n) is 4.13. The fourth-order valence-corrected chi connectivity index (χ4v) is 4.13. The SMILES string of the molecule is COc1ccc(C(NC(=O)C2CC(=O)N(c3ccc(OC)c(OC)c3)C2)c2nccn2C)cc1. The zero-order valence-electron chi connectivity index (χ0n) is 19.6. The van der Waals surface area contributed by atoms with Crippen LogP contribution in [0.15, 0.2) is 54.9 Å². The zero-order valence-corrected chi connectivity index (χ0v) is 19.6. The highest BCUT2D eigenvalue weighted by Crippen LogP contribution is 2.34. The van der Waals surface area contributed by atoms with Crippen LogP contribution in [0.3, 0.4) is 0 Å². The summed E-state index contributed by atoms with van der Waals surface area (Å²) in [6.07, 6.45) is 3.64. The number of nitrogens with zero attached hydrogens (tertiary/aromatic N) is 3. The summed E-state index contributed by atoms with van der Waals surface area (Å²) in [7, 11) is 6.58. The number of aryl methyl sites for hydroxylation is 1. The standard InChI is InChI=1S/C25H28N4O5/c1-28-12-11-26-24(28)23(16-5-8-19(32-2)9-6-16)27-25(31)17-13-22(30)29(15-17)18-7-10-20(33-3)21(14-18)34-4/h5-12,14,17,23H,13,15H2,1-4H3,(H,27,31). The molecule has 9 nitrogen and oxygen atoms in total. The minimum atomic E-state index is -0.499. The summed E-state index contributed by atoms with van der Waals surface area (Å²) in [5.41, 5.74) is 1.53. The molecule has 1 fully saturated rings. The second-order valence-corrected chi connectivity index (χ2v) is 8.06. The topological polar surface area (TPSA) is 94.9 Å². The number of hydrogen-bond donors (Lipinski definition) is 1. The Labute approximate surface area is 198 Å². The number of anilines is 1. The Morgan fingerprint density at radius 2 is 1.79 bits per heavy atom. The van der Waals surface area contributed by atoms with Crippen LogP contribution in [0.4, 0.5) is 5.69 Å². The number of amides is 2. The van der Waals surface area contributed by atoms with E-state index < -0.39 is 12.0 Å². The molecule has 0 bridgehead atoms. The van der Waals surface area contributed by atoms with Crippen LogP contribution >= 0.6 is 0 Å². The Bertz CT molecular complexity index is 1170. The number of benzene rings is 2. The van der Waals surface area contributed by atoms with Gasteiger partial charge in [0.15, 0.2) is 11.5 Å². The maximum absolute atomic E-state index is 13.3. The van der Waals surface area contributed by atoms with Gasteiger partial charge in [-0.2, -0.15) is 0 Å². The number of ether oxygens (including phenoxy) is 3. The summed E-state index contributed by atoms with van der Waals surface area (Å²) >= 11 is 0. The van der Waals surface area contributed by atoms with E-state index in [-0.39, 0.29) is 24.8 Å². The highest BCUT2D eigenvalue weighted by atomic mass is 16.5. The van der Waals surface area contributed by atoms with Crippen molar-refractivity contribution in [1.29, 1.82) is 0 Å². The van der Waals surface area contributed by atoms with Crippen molar-refractivity contribution in [2.75, 3.05) is 32.8 Å². The van der Waals surface area contributed by atoms with Crippen molar-refractivity contribution in [1.82, 2.24) is 14.9 Å². The molecule has 1 saturated heterocycles. The number of carbonyl (C=O) groups is 2. The lowest BCUT2D eigenvalue weighted by Crippen LogP contribution is -2.37. The molecule has 0 saturated carbocycles. The van der Waals surface area contributed by atoms with Crippen LogP contribution in [0.1, 0.15) is 23.9 Å². The number of hydrogen-bond acceptors (Lipinski definition) is 6. The van der Waals surface area contributed by atoms with Gasteiger partial charge in [-0.3, -0.25) is 9.59 Å². The molecule has 9 heteroatoms. The molecule has 0 spiro atoms. The molecule has 3 aromatic rings. The molecule has 0 radical (unpaired) electrons. The normalized spacial score (nSPS) is 16.3. The van der Waals surface area contributed by atoms with E-state index >= 15 is 0 Å². The van der Waals surface area contributed by atoms with Crippen molar-refractivity contribution >= 4 is 17.5 Å². The summed E-state index contributed by atoms with van der Waals surface area (Å²) in [6.45, 7) is 0.274. The number of carbonyl (C=O) groups excluding carboxylic acids is 2. The number of aromatic nitrogens is 2. The average molecular weight is 465 g/mol. The Kier molecular flexibility index (Phi) is 6.72. The first kappa shape index (κ1) is 23.2. The van der Waals surface area contributed by atoms with Crippen LogP contribution in [0.25, 0.3) is 0 Å². The Hall–Kier alpha value is -4.01. The largest absolute Gasteiger partial charge is 0.497 e. The van der Waals surface area contributed by atoms with Gasteiger partial charge in [0, 0.05) is 44.2 Å². The number of imidazole rings is 1. The zero-order chi connectivity index (χ0) is 24.2. The summed E-state index contributed by atoms with van der Waals surface area (Å²) < 4.78 is 17.8. The number of nitrogens with one attached hydrogen (secondary N) is 1. The van der Waals surface area contributed by atoms with Crippen molar-refractivity contribution in [3.05, 3.63) is 66.2 Å². The van der Waals surface area contributed by atoms with Crippen LogP contribution in [0.2, 0.25) is 0 Å². The van der Waals surface area contributed by atoms with Crippen LogP contribution in [-0.4, -0.2) is 49.2 Å². The monoisotopic (exact) mass is 464 g/mol. The smallest absolute Gasteiger partial charge is 0.227 e. The first-order chi connectivity index (χ1) is 16.4. The Morgan fingerprint density at radius 3 is 2.41 bits per heavy atom. The molecular formula is C25H28N4O5. The van der Waals surface area contributed by atoms with E-state index in [2.05, 4.69) is 10.3 Å². The van der Waals surface area contributed by atoms with Gasteiger partial charge in [-0.25, -0.2) is 4.98 Å². The summed E-state index contributed by atoms with van der Waals surface area (Å²) in [4.78, 5) is 32.2. The summed E-state index contributed by atoms with van der Waals surface area (Å²) in [5.74, 6) is 1.69. The molecule has 2 unspecified atom stereocenters. The third-order valence-electron chi connectivity index (χ3n) is 6.03. The second-order valence-electron chi connectivity index (χ2n) is 8.06. The van der Waals surface area contributed by atoms with Gasteiger partial charge in [-0.1, -0.05) is 12.1 Å². The van der Waals surface area contributed by atoms with Gasteiger partial charge in [0.05, 0.1) is 27.2 Å². The van der Waals surface area contributed by atoms with Gasteiger partial charge in [-0.05, 0) is 29.8 Å². The lowest BCUT2D eigenvalue weighted by atomic mass is 10.0. The van der Waals surface area contributed by atoms with Gasteiger partial charge in [0.2, 0.25) is 11.8 Å². The minimum absolute atomic E-state index is 0.120. The molecule has 0 aliphatic carbocycles. The Balaban J connectivity index is 1.54. The third kappa shape index (κ3) is 4.54. The first-order valence-electron chi connectivity index (χ1n) is 10.9. The van der Waals surface area contributed by atoms with Gasteiger partial charge in [-0.15, -0.1) is 0 Å². The molecule has 2 heterocycles. The molecule has 1 aliphatic heterocycles. The molecule has 1 N–H and O–H groups in total. The van der Waals surface area contributed by atoms with Crippen molar-refractivity contribution in [2.24, 2.45) is 13.0 Å². The minimum Gasteiger partial charge on any atom is -0.497 e. The van der Waals surface area contributed by atoms with Crippen molar-refractivity contribution in [2.45, 2.75) is 12.5 Å². The van der Waals surface area contributed by atoms with Gasteiger partial charge in [0.25, 0.3) is 0 Å². The van der Waals surface area contributed by atoms with E-state index in [0.29, 0.717) is 23.0 Å². The molecule has 1 aromatic heterocycles. The number of rotatable bonds is 8. The first-order valence-corrected chi connectivity index (χ1v) is 10.9. The molecule has 178 valence electrons. The van der Waals surface area contributed by atoms with E-state index in [4.69, 9.17) is 14.2 Å². The predicted molar refractivity (Wildman–Crippen MR) is 126 cm³/mol. The van der Waals surface area contributed by atoms with Crippen LogP contribution in [0, 0.1) is 5.92 Å². The molecule has 4 rings (SSSR count). The predicted octanol–water partition coefficient (Wildman–Crippen LogP) is 2.70. The highest BCUT2D eigenvalue weighted by Gasteiger charge is 2.37. The van der Waals surface area contributed by atoms with E-state index in [1.807, 2.05) is 42.1 Å². The van der Waals surface area contributed by atoms with Gasteiger partial charge in [0.1, 0.15) is 17.6 Å². The average Bonchev–Trinajstić information content (AvgIpc) is 3.47. The van der Waals surface area contributed by atoms with Gasteiger partial charge >= 0.3 is 0 Å². The Morgan fingerprint density at radius 1 is 1.06 bits per heavy atom. The van der Waals surface area contributed by atoms with E-state index in [1.165, 1.54) is 0 Å². The van der Waals surface area contributed by atoms with Crippen LogP contribution in [-0.2, 0) is 16.6 Å². The molecule has 2 aromatic carbocycles. The molecule has 1 aliphatic rings. The fraction of sp³-hybridized carbons (Fsp3) is 0.320. The van der Waals surface area contributed by atoms with Crippen LogP contribution < -0.4 is 24.4 Å². The molecular weight excluding hydrogens is 436 g/mol. The van der Waals surface area contributed by atoms with Crippen molar-refractivity contribution in [3.8, 4) is 17.2 Å². The van der Waals surface area contributed by atoms with E-state index in [9.17, 15) is 9.59 Å². The van der Waals surface area contributed by atoms with Crippen molar-refractivity contribution < 1.29 is 23.8 Å². The molecule has 2 amide bonds. The lowest BCUT2D eigenvalue weighted by molar-refractivity contribution is -0.126. The maximum Gasteiger partial charge on any atom is 0.227 e. The third-order valence-corrected chi connectivity index (χ3v) is 6.03. The van der Waals surface area contributed by atoms with E-state index in [1.54, 1.807) is 50.6 Å².